The molecule has 2 rings (SSSR count). The maximum atomic E-state index is 11.7. The van der Waals surface area contributed by atoms with E-state index in [9.17, 15) is 29.6 Å². The van der Waals surface area contributed by atoms with Crippen LogP contribution < -0.4 is 4.74 Å². The molecule has 0 aromatic heterocycles. The number of esters is 3. The van der Waals surface area contributed by atoms with Gasteiger partial charge in [-0.05, 0) is 13.0 Å². The molecule has 170 valence electrons. The Kier molecular flexibility index (Phi) is 7.89. The van der Waals surface area contributed by atoms with Crippen molar-refractivity contribution in [3.05, 3.63) is 33.9 Å². The fraction of sp³-hybridized carbons (Fsp3) is 0.526. The molecule has 1 saturated heterocycles. The SMILES string of the molecule is CC(=O)O[C@H]1[C@H](OC(C)=O)[C@H](Oc2ccc([N+](=O)[O-])cc2CO)O[C@@H](C)[C@@H]1OC(C)=O. The minimum Gasteiger partial charge on any atom is -0.460 e. The zero-order valence-corrected chi connectivity index (χ0v) is 17.3. The van der Waals surface area contributed by atoms with Crippen LogP contribution in [-0.4, -0.2) is 58.6 Å². The van der Waals surface area contributed by atoms with Gasteiger partial charge in [0.05, 0.1) is 17.6 Å². The van der Waals surface area contributed by atoms with Crippen LogP contribution in [0.15, 0.2) is 18.2 Å². The smallest absolute Gasteiger partial charge is 0.303 e. The number of ether oxygens (including phenoxy) is 5. The average Bonchev–Trinajstić information content (AvgIpc) is 2.66. The zero-order chi connectivity index (χ0) is 23.3. The van der Waals surface area contributed by atoms with Crippen LogP contribution in [0.1, 0.15) is 33.3 Å². The Hall–Kier alpha value is -3.25. The van der Waals surface area contributed by atoms with E-state index >= 15 is 0 Å². The van der Waals surface area contributed by atoms with E-state index in [0.29, 0.717) is 0 Å². The maximum absolute atomic E-state index is 11.7. The van der Waals surface area contributed by atoms with E-state index in [1.54, 1.807) is 0 Å². The summed E-state index contributed by atoms with van der Waals surface area (Å²) < 4.78 is 27.2. The van der Waals surface area contributed by atoms with Gasteiger partial charge in [0.2, 0.25) is 12.4 Å². The highest BCUT2D eigenvalue weighted by Gasteiger charge is 2.51. The largest absolute Gasteiger partial charge is 0.460 e. The quantitative estimate of drug-likeness (QED) is 0.278. The second-order valence-corrected chi connectivity index (χ2v) is 6.76. The molecule has 1 fully saturated rings. The predicted molar refractivity (Wildman–Crippen MR) is 101 cm³/mol. The number of rotatable bonds is 7. The fourth-order valence-corrected chi connectivity index (χ4v) is 3.11. The van der Waals surface area contributed by atoms with Crippen molar-refractivity contribution in [1.29, 1.82) is 0 Å². The fourth-order valence-electron chi connectivity index (χ4n) is 3.11. The third-order valence-electron chi connectivity index (χ3n) is 4.30. The maximum Gasteiger partial charge on any atom is 0.303 e. The highest BCUT2D eigenvalue weighted by molar-refractivity contribution is 5.68. The van der Waals surface area contributed by atoms with E-state index in [2.05, 4.69) is 0 Å². The van der Waals surface area contributed by atoms with Crippen molar-refractivity contribution in [3.8, 4) is 5.75 Å². The minimum absolute atomic E-state index is 0.0231. The van der Waals surface area contributed by atoms with Gasteiger partial charge in [0.15, 0.2) is 12.2 Å². The Morgan fingerprint density at radius 1 is 1.03 bits per heavy atom. The second-order valence-electron chi connectivity index (χ2n) is 6.76. The van der Waals surface area contributed by atoms with Crippen molar-refractivity contribution in [2.75, 3.05) is 0 Å². The molecular formula is C19H23NO11. The minimum atomic E-state index is -1.35. The summed E-state index contributed by atoms with van der Waals surface area (Å²) in [6.45, 7) is 4.36. The molecule has 1 aromatic carbocycles. The first kappa shape index (κ1) is 24.0. The van der Waals surface area contributed by atoms with E-state index < -0.39 is 60.1 Å². The van der Waals surface area contributed by atoms with Gasteiger partial charge in [-0.15, -0.1) is 0 Å². The lowest BCUT2D eigenvalue weighted by molar-refractivity contribution is -0.385. The number of benzene rings is 1. The molecule has 0 unspecified atom stereocenters. The summed E-state index contributed by atoms with van der Waals surface area (Å²) in [5, 5.41) is 20.5. The van der Waals surface area contributed by atoms with Gasteiger partial charge in [0.25, 0.3) is 5.69 Å². The molecule has 1 aliphatic rings. The molecule has 31 heavy (non-hydrogen) atoms. The van der Waals surface area contributed by atoms with E-state index in [-0.39, 0.29) is 17.0 Å². The zero-order valence-electron chi connectivity index (χ0n) is 17.3. The molecule has 5 atom stereocenters. The summed E-state index contributed by atoms with van der Waals surface area (Å²) >= 11 is 0. The van der Waals surface area contributed by atoms with Crippen LogP contribution in [0.25, 0.3) is 0 Å². The molecule has 12 nitrogen and oxygen atoms in total. The van der Waals surface area contributed by atoms with Gasteiger partial charge in [0.1, 0.15) is 5.75 Å². The topological polar surface area (TPSA) is 161 Å². The van der Waals surface area contributed by atoms with E-state index in [4.69, 9.17) is 23.7 Å². The standard InChI is InChI=1S/C19H23NO11/c1-9-16(28-10(2)22)17(29-11(3)23)18(30-12(4)24)19(27-9)31-15-6-5-14(20(25)26)7-13(15)8-21/h5-7,9,16-19,21H,8H2,1-4H3/t9-,16-,17+,18-,19-/m0/s1. The van der Waals surface area contributed by atoms with Crippen LogP contribution in [0.4, 0.5) is 5.69 Å². The Labute approximate surface area is 177 Å². The second kappa shape index (κ2) is 10.2. The lowest BCUT2D eigenvalue weighted by atomic mass is 9.98. The summed E-state index contributed by atoms with van der Waals surface area (Å²) in [5.41, 5.74) is -0.184. The summed E-state index contributed by atoms with van der Waals surface area (Å²) in [6.07, 6.45) is -5.89. The third kappa shape index (κ3) is 6.12. The first-order valence-electron chi connectivity index (χ1n) is 9.25. The summed E-state index contributed by atoms with van der Waals surface area (Å²) in [6, 6.07) is 3.53. The van der Waals surface area contributed by atoms with E-state index in [1.807, 2.05) is 0 Å². The van der Waals surface area contributed by atoms with Crippen molar-refractivity contribution < 1.29 is 48.1 Å². The molecule has 0 saturated carbocycles. The van der Waals surface area contributed by atoms with Gasteiger partial charge in [-0.25, -0.2) is 0 Å². The van der Waals surface area contributed by atoms with Gasteiger partial charge in [-0.3, -0.25) is 24.5 Å². The molecule has 0 radical (unpaired) electrons. The Morgan fingerprint density at radius 3 is 2.10 bits per heavy atom. The van der Waals surface area contributed by atoms with Gasteiger partial charge >= 0.3 is 17.9 Å². The first-order valence-corrected chi connectivity index (χ1v) is 9.25. The molecule has 0 amide bonds. The number of aliphatic hydroxyl groups excluding tert-OH is 1. The van der Waals surface area contributed by atoms with Gasteiger partial charge in [0, 0.05) is 38.5 Å². The summed E-state index contributed by atoms with van der Waals surface area (Å²) in [4.78, 5) is 45.2. The number of nitro benzene ring substituents is 1. The van der Waals surface area contributed by atoms with Crippen LogP contribution in [-0.2, 0) is 39.9 Å². The van der Waals surface area contributed by atoms with Gasteiger partial charge in [-0.1, -0.05) is 0 Å². The van der Waals surface area contributed by atoms with Crippen LogP contribution in [0.2, 0.25) is 0 Å². The molecule has 0 aliphatic carbocycles. The number of non-ortho nitro benzene ring substituents is 1. The number of carbonyl (C=O) groups excluding carboxylic acids is 3. The highest BCUT2D eigenvalue weighted by atomic mass is 16.7. The highest BCUT2D eigenvalue weighted by Crippen LogP contribution is 2.32. The Balaban J connectivity index is 2.42. The van der Waals surface area contributed by atoms with E-state index in [0.717, 1.165) is 32.9 Å². The number of nitro groups is 1. The van der Waals surface area contributed by atoms with Gasteiger partial charge < -0.3 is 28.8 Å². The Bertz CT molecular complexity index is 855. The van der Waals surface area contributed by atoms with E-state index in [1.165, 1.54) is 13.0 Å². The van der Waals surface area contributed by atoms with Crippen LogP contribution in [0, 0.1) is 10.1 Å². The molecule has 0 bridgehead atoms. The number of aliphatic hydroxyl groups is 1. The molecule has 1 heterocycles. The van der Waals surface area contributed by atoms with Crippen LogP contribution in [0.5, 0.6) is 5.75 Å². The van der Waals surface area contributed by atoms with Crippen molar-refractivity contribution in [1.82, 2.24) is 0 Å². The predicted octanol–water partition coefficient (Wildman–Crippen LogP) is 1.01. The van der Waals surface area contributed by atoms with Crippen molar-refractivity contribution in [3.63, 3.8) is 0 Å². The molecule has 1 aliphatic heterocycles. The average molecular weight is 441 g/mol. The lowest BCUT2D eigenvalue weighted by Crippen LogP contribution is -2.62. The summed E-state index contributed by atoms with van der Waals surface area (Å²) in [7, 11) is 0. The normalized spacial score (nSPS) is 25.3. The van der Waals surface area contributed by atoms with Crippen LogP contribution in [0.3, 0.4) is 0 Å². The third-order valence-corrected chi connectivity index (χ3v) is 4.30. The Morgan fingerprint density at radius 2 is 1.58 bits per heavy atom. The van der Waals surface area contributed by atoms with Crippen LogP contribution >= 0.6 is 0 Å². The van der Waals surface area contributed by atoms with Gasteiger partial charge in [-0.2, -0.15) is 0 Å². The number of nitrogens with zero attached hydrogens (tertiary/aromatic N) is 1. The monoisotopic (exact) mass is 441 g/mol. The van der Waals surface area contributed by atoms with Crippen molar-refractivity contribution in [2.24, 2.45) is 0 Å². The first-order chi connectivity index (χ1) is 14.5. The summed E-state index contributed by atoms with van der Waals surface area (Å²) in [5.74, 6) is -2.12. The molecular weight excluding hydrogens is 418 g/mol. The number of hydrogen-bond acceptors (Lipinski definition) is 11. The lowest BCUT2D eigenvalue weighted by Gasteiger charge is -2.43. The number of carbonyl (C=O) groups is 3. The molecule has 12 heteroatoms. The number of hydrogen-bond donors (Lipinski definition) is 1. The molecule has 1 N–H and O–H groups in total. The van der Waals surface area contributed by atoms with Crippen molar-refractivity contribution in [2.45, 2.75) is 65.0 Å². The molecule has 0 spiro atoms. The molecule has 1 aromatic rings. The van der Waals surface area contributed by atoms with Crippen molar-refractivity contribution >= 4 is 23.6 Å².